The Balaban J connectivity index is 1.51. The average Bonchev–Trinajstić information content (AvgIpc) is 3.55. The number of rotatable bonds is 8. The largest absolute Gasteiger partial charge is 0.390 e. The molecular weight excluding hydrogens is 524 g/mol. The number of hydrogen-bond donors (Lipinski definition) is 3. The van der Waals surface area contributed by atoms with Crippen molar-refractivity contribution in [3.63, 3.8) is 0 Å². The van der Waals surface area contributed by atoms with Gasteiger partial charge in [-0.2, -0.15) is 13.2 Å². The van der Waals surface area contributed by atoms with Crippen molar-refractivity contribution < 1.29 is 22.4 Å². The van der Waals surface area contributed by atoms with Crippen LogP contribution in [-0.4, -0.2) is 39.3 Å². The van der Waals surface area contributed by atoms with Gasteiger partial charge in [-0.1, -0.05) is 17.7 Å². The molecule has 1 amide bonds. The second-order valence-electron chi connectivity index (χ2n) is 9.15. The van der Waals surface area contributed by atoms with E-state index in [2.05, 4.69) is 26.0 Å². The van der Waals surface area contributed by atoms with Crippen molar-refractivity contribution >= 4 is 40.3 Å². The molecule has 1 aliphatic carbocycles. The molecule has 2 heterocycles. The van der Waals surface area contributed by atoms with E-state index in [9.17, 15) is 22.4 Å². The number of carbonyl (C=O) groups excluding carboxylic acids is 1. The van der Waals surface area contributed by atoms with Crippen LogP contribution < -0.4 is 16.0 Å². The van der Waals surface area contributed by atoms with E-state index in [1.165, 1.54) is 22.7 Å². The topological polar surface area (TPSA) is 83.3 Å². The van der Waals surface area contributed by atoms with E-state index >= 15 is 0 Å². The number of nitrogens with one attached hydrogen (secondary N) is 3. The molecule has 0 unspecified atom stereocenters. The average molecular weight is 547 g/mol. The first-order valence-electron chi connectivity index (χ1n) is 11.9. The minimum atomic E-state index is -4.33. The van der Waals surface area contributed by atoms with Crippen LogP contribution >= 0.6 is 11.6 Å². The van der Waals surface area contributed by atoms with Gasteiger partial charge in [0.1, 0.15) is 5.82 Å². The maximum atomic E-state index is 14.0. The monoisotopic (exact) mass is 546 g/mol. The summed E-state index contributed by atoms with van der Waals surface area (Å²) in [4.78, 5) is 16.9. The Hall–Kier alpha value is -3.86. The van der Waals surface area contributed by atoms with Gasteiger partial charge < -0.3 is 16.0 Å². The first-order valence-corrected chi connectivity index (χ1v) is 12.3. The molecule has 1 saturated carbocycles. The molecule has 198 valence electrons. The molecule has 2 aromatic carbocycles. The number of aromatic nitrogens is 3. The normalized spacial score (nSPS) is 13.5. The van der Waals surface area contributed by atoms with Gasteiger partial charge >= 0.3 is 6.18 Å². The Morgan fingerprint density at radius 1 is 1.16 bits per heavy atom. The molecule has 7 nitrogen and oxygen atoms in total. The lowest BCUT2D eigenvalue weighted by molar-refractivity contribution is -0.131. The molecule has 5 rings (SSSR count). The second kappa shape index (κ2) is 10.1. The van der Waals surface area contributed by atoms with Crippen LogP contribution in [0.25, 0.3) is 16.9 Å². The van der Waals surface area contributed by atoms with Gasteiger partial charge in [0.25, 0.3) is 5.91 Å². The molecule has 1 fully saturated rings. The van der Waals surface area contributed by atoms with Gasteiger partial charge in [-0.25, -0.2) is 13.9 Å². The maximum Gasteiger partial charge on any atom is 0.390 e. The molecule has 12 heteroatoms. The molecule has 1 aliphatic rings. The summed E-state index contributed by atoms with van der Waals surface area (Å²) in [6.45, 7) is 1.46. The van der Waals surface area contributed by atoms with E-state index in [0.717, 1.165) is 18.4 Å². The van der Waals surface area contributed by atoms with Crippen molar-refractivity contribution in [3.8, 4) is 11.3 Å². The molecule has 0 bridgehead atoms. The van der Waals surface area contributed by atoms with Gasteiger partial charge in [-0.3, -0.25) is 4.79 Å². The van der Waals surface area contributed by atoms with Gasteiger partial charge in [0.2, 0.25) is 0 Å². The van der Waals surface area contributed by atoms with Crippen molar-refractivity contribution in [2.75, 3.05) is 17.2 Å². The van der Waals surface area contributed by atoms with E-state index in [4.69, 9.17) is 11.6 Å². The van der Waals surface area contributed by atoms with Gasteiger partial charge in [0.05, 0.1) is 29.0 Å². The lowest BCUT2D eigenvalue weighted by Crippen LogP contribution is -2.26. The Labute approximate surface area is 220 Å². The number of aryl methyl sites for hydroxylation is 1. The molecule has 4 aromatic rings. The Morgan fingerprint density at radius 3 is 2.63 bits per heavy atom. The SMILES string of the molecule is Cc1cc(-c2cnc3c(NCCC(F)(F)F)cc(Nc4ccc(Cl)c(F)c4)nn23)ccc1C(=O)NC1CC1. The lowest BCUT2D eigenvalue weighted by atomic mass is 10.0. The quantitative estimate of drug-likeness (QED) is 0.220. The number of fused-ring (bicyclic) bond motifs is 1. The number of nitrogens with zero attached hydrogens (tertiary/aromatic N) is 3. The molecule has 3 N–H and O–H groups in total. The van der Waals surface area contributed by atoms with Crippen molar-refractivity contribution in [1.82, 2.24) is 19.9 Å². The number of halogens is 5. The second-order valence-corrected chi connectivity index (χ2v) is 9.55. The summed E-state index contributed by atoms with van der Waals surface area (Å²) in [6.07, 6.45) is -1.85. The zero-order chi connectivity index (χ0) is 27.0. The first kappa shape index (κ1) is 25.8. The number of amides is 1. The van der Waals surface area contributed by atoms with Crippen molar-refractivity contribution in [3.05, 3.63) is 70.6 Å². The van der Waals surface area contributed by atoms with Crippen molar-refractivity contribution in [2.45, 2.75) is 38.4 Å². The third kappa shape index (κ3) is 5.83. The summed E-state index contributed by atoms with van der Waals surface area (Å²) in [5, 5.41) is 13.2. The predicted molar refractivity (Wildman–Crippen MR) is 138 cm³/mol. The molecule has 0 saturated heterocycles. The highest BCUT2D eigenvalue weighted by atomic mass is 35.5. The molecular formula is C26H23ClF4N6O. The van der Waals surface area contributed by atoms with Crippen LogP contribution in [0.15, 0.2) is 48.7 Å². The van der Waals surface area contributed by atoms with Crippen LogP contribution in [0.2, 0.25) is 5.02 Å². The third-order valence-corrected chi connectivity index (χ3v) is 6.37. The minimum absolute atomic E-state index is 0.0463. The maximum absolute atomic E-state index is 14.0. The van der Waals surface area contributed by atoms with Gasteiger partial charge in [-0.15, -0.1) is 5.10 Å². The minimum Gasteiger partial charge on any atom is -0.382 e. The van der Waals surface area contributed by atoms with Gasteiger partial charge in [-0.05, 0) is 55.7 Å². The van der Waals surface area contributed by atoms with E-state index in [0.29, 0.717) is 33.8 Å². The lowest BCUT2D eigenvalue weighted by Gasteiger charge is -2.14. The molecule has 2 aromatic heterocycles. The number of hydrogen-bond acceptors (Lipinski definition) is 5. The first-order chi connectivity index (χ1) is 18.1. The van der Waals surface area contributed by atoms with Crippen LogP contribution in [0.3, 0.4) is 0 Å². The fourth-order valence-electron chi connectivity index (χ4n) is 3.99. The van der Waals surface area contributed by atoms with Crippen molar-refractivity contribution in [2.24, 2.45) is 0 Å². The molecule has 0 radical (unpaired) electrons. The highest BCUT2D eigenvalue weighted by Gasteiger charge is 2.27. The van der Waals surface area contributed by atoms with Gasteiger partial charge in [0, 0.05) is 35.5 Å². The number of imidazole rings is 1. The fourth-order valence-corrected chi connectivity index (χ4v) is 4.10. The van der Waals surface area contributed by atoms with Crippen molar-refractivity contribution in [1.29, 1.82) is 0 Å². The molecule has 38 heavy (non-hydrogen) atoms. The third-order valence-electron chi connectivity index (χ3n) is 6.06. The van der Waals surface area contributed by atoms with E-state index in [1.54, 1.807) is 24.4 Å². The summed E-state index contributed by atoms with van der Waals surface area (Å²) >= 11 is 5.77. The van der Waals surface area contributed by atoms with Crippen LogP contribution in [0.5, 0.6) is 0 Å². The Morgan fingerprint density at radius 2 is 1.95 bits per heavy atom. The fraction of sp³-hybridized carbons (Fsp3) is 0.269. The van der Waals surface area contributed by atoms with E-state index < -0.39 is 18.4 Å². The summed E-state index contributed by atoms with van der Waals surface area (Å²) < 4.78 is 53.8. The Kier molecular flexibility index (Phi) is 6.87. The number of carbonyl (C=O) groups is 1. The van der Waals surface area contributed by atoms with Crippen LogP contribution in [-0.2, 0) is 0 Å². The van der Waals surface area contributed by atoms with Crippen LogP contribution in [0, 0.1) is 12.7 Å². The zero-order valence-electron chi connectivity index (χ0n) is 20.2. The summed E-state index contributed by atoms with van der Waals surface area (Å²) in [5.41, 5.74) is 3.55. The van der Waals surface area contributed by atoms with Gasteiger partial charge in [0.15, 0.2) is 11.5 Å². The highest BCUT2D eigenvalue weighted by molar-refractivity contribution is 6.30. The molecule has 0 spiro atoms. The zero-order valence-corrected chi connectivity index (χ0v) is 20.9. The smallest absolute Gasteiger partial charge is 0.382 e. The standard InChI is InChI=1S/C26H23ClF4N6O/c1-14-10-15(2-6-18(14)25(38)35-16-3-4-16)22-13-33-24-21(32-9-8-26(29,30)31)12-23(36-37(22)24)34-17-5-7-19(27)20(28)11-17/h2,5-7,10-13,16,32H,3-4,8-9H2,1H3,(H,34,36)(H,35,38). The Bertz CT molecular complexity index is 1520. The summed E-state index contributed by atoms with van der Waals surface area (Å²) in [6, 6.07) is 11.2. The highest BCUT2D eigenvalue weighted by Crippen LogP contribution is 2.30. The number of anilines is 3. The van der Waals surface area contributed by atoms with E-state index in [-0.39, 0.29) is 29.3 Å². The van der Waals surface area contributed by atoms with E-state index in [1.807, 2.05) is 13.0 Å². The number of benzene rings is 2. The molecule has 0 atom stereocenters. The summed E-state index contributed by atoms with van der Waals surface area (Å²) in [5.74, 6) is -0.526. The molecule has 0 aliphatic heterocycles. The number of alkyl halides is 3. The van der Waals surface area contributed by atoms with Crippen LogP contribution in [0.4, 0.5) is 34.8 Å². The summed E-state index contributed by atoms with van der Waals surface area (Å²) in [7, 11) is 0. The van der Waals surface area contributed by atoms with Crippen LogP contribution in [0.1, 0.15) is 35.2 Å². The predicted octanol–water partition coefficient (Wildman–Crippen LogP) is 6.50.